The molecule has 6 heteroatoms. The summed E-state index contributed by atoms with van der Waals surface area (Å²) in [4.78, 5) is 0.0411. The smallest absolute Gasteiger partial charge is 0.261 e. The average molecular weight is 326 g/mol. The summed E-state index contributed by atoms with van der Waals surface area (Å²) in [5, 5.41) is 0. The predicted molar refractivity (Wildman–Crippen MR) is 67.5 cm³/mol. The Morgan fingerprint density at radius 2 is 2.19 bits per heavy atom. The van der Waals surface area contributed by atoms with Crippen molar-refractivity contribution in [3.63, 3.8) is 0 Å². The zero-order valence-corrected chi connectivity index (χ0v) is 11.6. The summed E-state index contributed by atoms with van der Waals surface area (Å²) in [5.41, 5.74) is 0. The molecule has 0 atom stereocenters. The Hall–Kier alpha value is -0.520. The number of allylic oxidation sites excluding steroid dienone is 1. The van der Waals surface area contributed by atoms with Gasteiger partial charge >= 0.3 is 0 Å². The topological polar surface area (TPSA) is 43.4 Å². The summed E-state index contributed by atoms with van der Waals surface area (Å²) in [6.45, 7) is 2.32. The summed E-state index contributed by atoms with van der Waals surface area (Å²) in [6.07, 6.45) is 3.71. The van der Waals surface area contributed by atoms with Gasteiger partial charge in [0.15, 0.2) is 0 Å². The first-order valence-corrected chi connectivity index (χ1v) is 7.53. The van der Waals surface area contributed by atoms with Crippen molar-refractivity contribution in [2.75, 3.05) is 6.61 Å². The molecule has 0 fully saturated rings. The van der Waals surface area contributed by atoms with Crippen LogP contribution in [-0.4, -0.2) is 15.0 Å². The fourth-order valence-electron chi connectivity index (χ4n) is 0.984. The van der Waals surface area contributed by atoms with E-state index in [2.05, 4.69) is 15.9 Å². The van der Waals surface area contributed by atoms with Crippen LogP contribution in [0.2, 0.25) is 0 Å². The van der Waals surface area contributed by atoms with Crippen LogP contribution in [0.3, 0.4) is 0 Å². The highest BCUT2D eigenvalue weighted by atomic mass is 79.9. The van der Waals surface area contributed by atoms with Crippen LogP contribution >= 0.6 is 26.6 Å². The fraction of sp³-hybridized carbons (Fsp3) is 0.200. The monoisotopic (exact) mass is 324 g/mol. The Bertz CT molecular complexity index is 497. The van der Waals surface area contributed by atoms with Gasteiger partial charge in [-0.15, -0.1) is 0 Å². The molecule has 0 spiro atoms. The summed E-state index contributed by atoms with van der Waals surface area (Å²) in [7, 11) is 1.51. The lowest BCUT2D eigenvalue weighted by Crippen LogP contribution is -1.96. The number of hydrogen-bond donors (Lipinski definition) is 0. The molecule has 16 heavy (non-hydrogen) atoms. The van der Waals surface area contributed by atoms with E-state index in [0.717, 1.165) is 0 Å². The zero-order chi connectivity index (χ0) is 12.2. The minimum absolute atomic E-state index is 0.0411. The van der Waals surface area contributed by atoms with E-state index in [1.165, 1.54) is 12.1 Å². The molecule has 1 aromatic carbocycles. The van der Waals surface area contributed by atoms with Gasteiger partial charge in [-0.25, -0.2) is 8.42 Å². The first kappa shape index (κ1) is 13.5. The van der Waals surface area contributed by atoms with E-state index in [1.807, 2.05) is 19.1 Å². The van der Waals surface area contributed by atoms with Crippen molar-refractivity contribution in [3.05, 3.63) is 34.8 Å². The highest BCUT2D eigenvalue weighted by Crippen LogP contribution is 2.29. The lowest BCUT2D eigenvalue weighted by atomic mass is 10.3. The lowest BCUT2D eigenvalue weighted by Gasteiger charge is -2.06. The number of halogens is 2. The van der Waals surface area contributed by atoms with Crippen LogP contribution in [0.15, 0.2) is 39.7 Å². The number of rotatable bonds is 4. The second-order valence-electron chi connectivity index (χ2n) is 2.91. The van der Waals surface area contributed by atoms with Crippen LogP contribution in [0.1, 0.15) is 6.92 Å². The Kier molecular flexibility index (Phi) is 4.83. The van der Waals surface area contributed by atoms with E-state index in [9.17, 15) is 8.42 Å². The molecule has 0 aliphatic heterocycles. The third-order valence-electron chi connectivity index (χ3n) is 1.76. The van der Waals surface area contributed by atoms with Gasteiger partial charge in [0.1, 0.15) is 12.4 Å². The molecule has 1 aromatic rings. The zero-order valence-electron chi connectivity index (χ0n) is 8.48. The molecule has 0 saturated heterocycles. The van der Waals surface area contributed by atoms with E-state index in [1.54, 1.807) is 6.07 Å². The van der Waals surface area contributed by atoms with Crippen molar-refractivity contribution in [1.82, 2.24) is 0 Å². The van der Waals surface area contributed by atoms with Crippen LogP contribution in [0.4, 0.5) is 0 Å². The Labute approximate surface area is 108 Å². The fourth-order valence-corrected chi connectivity index (χ4v) is 2.41. The van der Waals surface area contributed by atoms with E-state index in [-0.39, 0.29) is 4.90 Å². The second-order valence-corrected chi connectivity index (χ2v) is 6.33. The van der Waals surface area contributed by atoms with Crippen molar-refractivity contribution in [3.8, 4) is 5.75 Å². The molecule has 0 aliphatic carbocycles. The molecule has 1 rings (SSSR count). The van der Waals surface area contributed by atoms with E-state index >= 15 is 0 Å². The first-order valence-electron chi connectivity index (χ1n) is 4.43. The summed E-state index contributed by atoms with van der Waals surface area (Å²) in [6, 6.07) is 4.37. The molecule has 0 aromatic heterocycles. The molecule has 0 aliphatic rings. The highest BCUT2D eigenvalue weighted by Gasteiger charge is 2.12. The molecule has 0 N–H and O–H groups in total. The maximum atomic E-state index is 11.0. The van der Waals surface area contributed by atoms with Gasteiger partial charge in [0.25, 0.3) is 9.05 Å². The van der Waals surface area contributed by atoms with Crippen LogP contribution in [0, 0.1) is 0 Å². The normalized spacial score (nSPS) is 11.9. The highest BCUT2D eigenvalue weighted by molar-refractivity contribution is 9.10. The maximum absolute atomic E-state index is 11.0. The van der Waals surface area contributed by atoms with Gasteiger partial charge in [-0.05, 0) is 41.1 Å². The number of ether oxygens (including phenoxy) is 1. The molecule has 0 heterocycles. The van der Waals surface area contributed by atoms with Gasteiger partial charge in [0.2, 0.25) is 0 Å². The van der Waals surface area contributed by atoms with Gasteiger partial charge in [0.05, 0.1) is 9.37 Å². The van der Waals surface area contributed by atoms with Crippen LogP contribution in [-0.2, 0) is 9.05 Å². The van der Waals surface area contributed by atoms with Gasteiger partial charge in [0, 0.05) is 10.7 Å². The van der Waals surface area contributed by atoms with Crippen molar-refractivity contribution in [2.45, 2.75) is 11.8 Å². The molecule has 0 saturated carbocycles. The summed E-state index contributed by atoms with van der Waals surface area (Å²) < 4.78 is 28.0. The van der Waals surface area contributed by atoms with Crippen molar-refractivity contribution >= 4 is 35.7 Å². The third-order valence-corrected chi connectivity index (χ3v) is 3.73. The van der Waals surface area contributed by atoms with Crippen LogP contribution in [0.5, 0.6) is 5.75 Å². The third kappa shape index (κ3) is 3.81. The first-order chi connectivity index (χ1) is 7.45. The molecule has 0 unspecified atom stereocenters. The number of hydrogen-bond acceptors (Lipinski definition) is 3. The molecule has 3 nitrogen and oxygen atoms in total. The molecular formula is C10H10BrClO3S. The van der Waals surface area contributed by atoms with E-state index in [0.29, 0.717) is 16.8 Å². The van der Waals surface area contributed by atoms with Gasteiger partial charge in [-0.3, -0.25) is 0 Å². The Morgan fingerprint density at radius 1 is 1.50 bits per heavy atom. The minimum atomic E-state index is -3.69. The Balaban J connectivity index is 2.92. The molecule has 88 valence electrons. The van der Waals surface area contributed by atoms with Crippen molar-refractivity contribution in [2.24, 2.45) is 0 Å². The maximum Gasteiger partial charge on any atom is 0.261 e. The quantitative estimate of drug-likeness (QED) is 0.630. The van der Waals surface area contributed by atoms with Gasteiger partial charge < -0.3 is 4.74 Å². The van der Waals surface area contributed by atoms with Crippen molar-refractivity contribution < 1.29 is 13.2 Å². The van der Waals surface area contributed by atoms with Crippen molar-refractivity contribution in [1.29, 1.82) is 0 Å². The van der Waals surface area contributed by atoms with Crippen LogP contribution < -0.4 is 4.74 Å². The average Bonchev–Trinajstić information content (AvgIpc) is 2.19. The molecule has 0 radical (unpaired) electrons. The second kappa shape index (κ2) is 5.70. The standard InChI is InChI=1S/C10H10BrClO3S/c1-2-3-6-15-10-5-4-8(7-9(10)11)16(12,13)14/h2-5,7H,6H2,1H3/b3-2+. The molecule has 0 amide bonds. The summed E-state index contributed by atoms with van der Waals surface area (Å²) >= 11 is 3.22. The van der Waals surface area contributed by atoms with Gasteiger partial charge in [-0.1, -0.05) is 12.2 Å². The minimum Gasteiger partial charge on any atom is -0.488 e. The van der Waals surface area contributed by atoms with E-state index < -0.39 is 9.05 Å². The van der Waals surface area contributed by atoms with Gasteiger partial charge in [-0.2, -0.15) is 0 Å². The van der Waals surface area contributed by atoms with E-state index in [4.69, 9.17) is 15.4 Å². The largest absolute Gasteiger partial charge is 0.488 e. The SMILES string of the molecule is C/C=C/COc1ccc(S(=O)(=O)Cl)cc1Br. The molecular weight excluding hydrogens is 316 g/mol. The Morgan fingerprint density at radius 3 is 2.69 bits per heavy atom. The molecule has 0 bridgehead atoms. The predicted octanol–water partition coefficient (Wildman–Crippen LogP) is 3.33. The number of benzene rings is 1. The summed E-state index contributed by atoms with van der Waals surface area (Å²) in [5.74, 6) is 0.571. The van der Waals surface area contributed by atoms with Crippen LogP contribution in [0.25, 0.3) is 0 Å². The lowest BCUT2D eigenvalue weighted by molar-refractivity contribution is 0.360.